The number of hydrogen-bond donors (Lipinski definition) is 3. The van der Waals surface area contributed by atoms with Crippen LogP contribution in [0.25, 0.3) is 0 Å². The van der Waals surface area contributed by atoms with E-state index in [9.17, 15) is 13.2 Å². The molecular weight excluding hydrogens is 266 g/mol. The van der Waals surface area contributed by atoms with Gasteiger partial charge < -0.3 is 11.1 Å². The zero-order chi connectivity index (χ0) is 14.6. The summed E-state index contributed by atoms with van der Waals surface area (Å²) in [7, 11) is -2.26. The van der Waals surface area contributed by atoms with Crippen molar-refractivity contribution in [2.75, 3.05) is 12.4 Å². The number of anilines is 1. The summed E-state index contributed by atoms with van der Waals surface area (Å²) in [4.78, 5) is 11.5. The molecule has 6 nitrogen and oxygen atoms in total. The number of benzene rings is 1. The van der Waals surface area contributed by atoms with Gasteiger partial charge in [-0.25, -0.2) is 13.1 Å². The highest BCUT2D eigenvalue weighted by molar-refractivity contribution is 7.89. The zero-order valence-electron chi connectivity index (χ0n) is 11.2. The van der Waals surface area contributed by atoms with Crippen LogP contribution in [0.5, 0.6) is 0 Å². The third-order valence-corrected chi connectivity index (χ3v) is 4.20. The molecule has 7 heteroatoms. The van der Waals surface area contributed by atoms with Crippen LogP contribution in [0.2, 0.25) is 0 Å². The molecule has 0 aliphatic heterocycles. The molecule has 1 aromatic rings. The first kappa shape index (κ1) is 15.5. The van der Waals surface area contributed by atoms with E-state index < -0.39 is 22.0 Å². The number of carbonyl (C=O) groups is 1. The fourth-order valence-corrected chi connectivity index (χ4v) is 2.56. The Kier molecular flexibility index (Phi) is 4.90. The Morgan fingerprint density at radius 1 is 1.26 bits per heavy atom. The van der Waals surface area contributed by atoms with Crippen molar-refractivity contribution in [3.8, 4) is 0 Å². The van der Waals surface area contributed by atoms with E-state index in [2.05, 4.69) is 10.0 Å². The summed E-state index contributed by atoms with van der Waals surface area (Å²) in [6, 6.07) is 5.74. The lowest BCUT2D eigenvalue weighted by Crippen LogP contribution is -2.40. The molecule has 1 atom stereocenters. The van der Waals surface area contributed by atoms with E-state index in [0.717, 1.165) is 0 Å². The molecule has 0 aliphatic carbocycles. The van der Waals surface area contributed by atoms with E-state index in [1.165, 1.54) is 13.1 Å². The Balaban J connectivity index is 3.19. The van der Waals surface area contributed by atoms with Crippen molar-refractivity contribution < 1.29 is 13.2 Å². The minimum absolute atomic E-state index is 0.0529. The first-order valence-corrected chi connectivity index (χ1v) is 7.36. The van der Waals surface area contributed by atoms with Crippen molar-refractivity contribution in [3.05, 3.63) is 24.3 Å². The molecule has 1 aromatic carbocycles. The molecule has 106 valence electrons. The van der Waals surface area contributed by atoms with Crippen LogP contribution in [0.15, 0.2) is 29.2 Å². The van der Waals surface area contributed by atoms with Crippen LogP contribution in [0.1, 0.15) is 13.8 Å². The number of rotatable bonds is 6. The number of carbonyl (C=O) groups excluding carboxylic acids is 1. The van der Waals surface area contributed by atoms with E-state index in [4.69, 9.17) is 5.73 Å². The van der Waals surface area contributed by atoms with Crippen LogP contribution in [0.4, 0.5) is 5.69 Å². The Morgan fingerprint density at radius 2 is 1.84 bits per heavy atom. The molecular formula is C12H19N3O3S. The minimum Gasteiger partial charge on any atom is -0.372 e. The maximum absolute atomic E-state index is 11.9. The third-order valence-electron chi connectivity index (χ3n) is 2.73. The number of amides is 1. The number of nitrogens with one attached hydrogen (secondary N) is 2. The van der Waals surface area contributed by atoms with Crippen molar-refractivity contribution in [2.24, 2.45) is 11.7 Å². The molecule has 1 amide bonds. The van der Waals surface area contributed by atoms with E-state index in [0.29, 0.717) is 5.69 Å². The average Bonchev–Trinajstić information content (AvgIpc) is 2.35. The highest BCUT2D eigenvalue weighted by Crippen LogP contribution is 2.22. The quantitative estimate of drug-likeness (QED) is 0.709. The van der Waals surface area contributed by atoms with Gasteiger partial charge in [0.05, 0.1) is 5.69 Å². The van der Waals surface area contributed by atoms with Crippen molar-refractivity contribution in [3.63, 3.8) is 0 Å². The highest BCUT2D eigenvalue weighted by atomic mass is 32.2. The second-order valence-corrected chi connectivity index (χ2v) is 6.33. The standard InChI is InChI=1S/C12H19N3O3S/c1-8(2)11(12(13)16)15-9-6-4-5-7-10(9)19(17,18)14-3/h4-8,11,14-15H,1-3H3,(H2,13,16). The lowest BCUT2D eigenvalue weighted by molar-refractivity contribution is -0.119. The number of para-hydroxylation sites is 1. The largest absolute Gasteiger partial charge is 0.372 e. The predicted molar refractivity (Wildman–Crippen MR) is 74.1 cm³/mol. The summed E-state index contributed by atoms with van der Waals surface area (Å²) in [5, 5.41) is 2.89. The lowest BCUT2D eigenvalue weighted by Gasteiger charge is -2.21. The van der Waals surface area contributed by atoms with Gasteiger partial charge in [0.2, 0.25) is 15.9 Å². The third kappa shape index (κ3) is 3.68. The van der Waals surface area contributed by atoms with E-state index in [1.54, 1.807) is 18.2 Å². The molecule has 0 radical (unpaired) electrons. The first-order valence-electron chi connectivity index (χ1n) is 5.88. The summed E-state index contributed by atoms with van der Waals surface area (Å²) < 4.78 is 26.0. The molecule has 0 fully saturated rings. The Bertz CT molecular complexity index is 555. The summed E-state index contributed by atoms with van der Waals surface area (Å²) in [6.45, 7) is 3.66. The van der Waals surface area contributed by atoms with Gasteiger partial charge in [-0.2, -0.15) is 0 Å². The molecule has 0 saturated carbocycles. The number of nitrogens with two attached hydrogens (primary N) is 1. The number of primary amides is 1. The average molecular weight is 285 g/mol. The van der Waals surface area contributed by atoms with Crippen molar-refractivity contribution in [1.29, 1.82) is 0 Å². The highest BCUT2D eigenvalue weighted by Gasteiger charge is 2.23. The second kappa shape index (κ2) is 6.03. The lowest BCUT2D eigenvalue weighted by atomic mass is 10.0. The molecule has 0 bridgehead atoms. The molecule has 1 rings (SSSR count). The molecule has 0 aromatic heterocycles. The summed E-state index contributed by atoms with van der Waals surface area (Å²) in [5.74, 6) is -0.575. The van der Waals surface area contributed by atoms with Crippen molar-refractivity contribution >= 4 is 21.6 Å². The van der Waals surface area contributed by atoms with E-state index >= 15 is 0 Å². The van der Waals surface area contributed by atoms with Crippen LogP contribution >= 0.6 is 0 Å². The molecule has 4 N–H and O–H groups in total. The number of sulfonamides is 1. The van der Waals surface area contributed by atoms with Gasteiger partial charge in [0.15, 0.2) is 0 Å². The Labute approximate surface area is 113 Å². The van der Waals surface area contributed by atoms with Gasteiger partial charge in [-0.15, -0.1) is 0 Å². The van der Waals surface area contributed by atoms with Crippen LogP contribution in [0, 0.1) is 5.92 Å². The van der Waals surface area contributed by atoms with Crippen LogP contribution in [0.3, 0.4) is 0 Å². The molecule has 0 spiro atoms. The Hall–Kier alpha value is -1.60. The van der Waals surface area contributed by atoms with Crippen molar-refractivity contribution in [1.82, 2.24) is 4.72 Å². The minimum atomic E-state index is -3.59. The van der Waals surface area contributed by atoms with Gasteiger partial charge in [0, 0.05) is 0 Å². The van der Waals surface area contributed by atoms with Crippen LogP contribution < -0.4 is 15.8 Å². The first-order chi connectivity index (χ1) is 8.79. The van der Waals surface area contributed by atoms with Crippen LogP contribution in [-0.2, 0) is 14.8 Å². The summed E-state index contributed by atoms with van der Waals surface area (Å²) >= 11 is 0. The van der Waals surface area contributed by atoms with Crippen LogP contribution in [-0.4, -0.2) is 27.4 Å². The summed E-state index contributed by atoms with van der Waals surface area (Å²) in [5.41, 5.74) is 5.67. The van der Waals surface area contributed by atoms with Gasteiger partial charge in [0.25, 0.3) is 0 Å². The van der Waals surface area contributed by atoms with Gasteiger partial charge in [0.1, 0.15) is 10.9 Å². The summed E-state index contributed by atoms with van der Waals surface area (Å²) in [6.07, 6.45) is 0. The zero-order valence-corrected chi connectivity index (χ0v) is 12.0. The van der Waals surface area contributed by atoms with Gasteiger partial charge in [-0.3, -0.25) is 4.79 Å². The molecule has 19 heavy (non-hydrogen) atoms. The fourth-order valence-electron chi connectivity index (χ4n) is 1.66. The SMILES string of the molecule is CNS(=O)(=O)c1ccccc1NC(C(N)=O)C(C)C. The molecule has 0 saturated heterocycles. The van der Waals surface area contributed by atoms with E-state index in [1.807, 2.05) is 13.8 Å². The smallest absolute Gasteiger partial charge is 0.242 e. The van der Waals surface area contributed by atoms with Gasteiger partial charge in [-0.1, -0.05) is 26.0 Å². The second-order valence-electron chi connectivity index (χ2n) is 4.47. The molecule has 0 heterocycles. The normalized spacial score (nSPS) is 13.3. The molecule has 1 unspecified atom stereocenters. The van der Waals surface area contributed by atoms with Crippen molar-refractivity contribution in [2.45, 2.75) is 24.8 Å². The maximum atomic E-state index is 11.9. The molecule has 0 aliphatic rings. The monoisotopic (exact) mass is 285 g/mol. The van der Waals surface area contributed by atoms with Gasteiger partial charge >= 0.3 is 0 Å². The van der Waals surface area contributed by atoms with E-state index in [-0.39, 0.29) is 10.8 Å². The predicted octanol–water partition coefficient (Wildman–Crippen LogP) is 0.516. The fraction of sp³-hybridized carbons (Fsp3) is 0.417. The maximum Gasteiger partial charge on any atom is 0.242 e. The topological polar surface area (TPSA) is 101 Å². The number of hydrogen-bond acceptors (Lipinski definition) is 4. The Morgan fingerprint density at radius 3 is 2.32 bits per heavy atom. The van der Waals surface area contributed by atoms with Gasteiger partial charge in [-0.05, 0) is 25.1 Å².